The van der Waals surface area contributed by atoms with Crippen LogP contribution >= 0.6 is 0 Å². The van der Waals surface area contributed by atoms with Crippen LogP contribution < -0.4 is 0 Å². The fourth-order valence-electron chi connectivity index (χ4n) is 5.12. The summed E-state index contributed by atoms with van der Waals surface area (Å²) in [4.78, 5) is 0. The summed E-state index contributed by atoms with van der Waals surface area (Å²) in [6.45, 7) is -1.46. The molecular formula is C30H42O12. The second kappa shape index (κ2) is 14.9. The average Bonchev–Trinajstić information content (AvgIpc) is 3.28. The lowest BCUT2D eigenvalue weighted by atomic mass is 9.98. The molecule has 2 heterocycles. The van der Waals surface area contributed by atoms with Crippen LogP contribution in [0, 0.1) is 0 Å². The van der Waals surface area contributed by atoms with Crippen molar-refractivity contribution in [3.8, 4) is 11.5 Å². The summed E-state index contributed by atoms with van der Waals surface area (Å²) < 4.78 is 22.7. The van der Waals surface area contributed by atoms with Gasteiger partial charge >= 0.3 is 0 Å². The lowest BCUT2D eigenvalue weighted by Crippen LogP contribution is -2.60. The smallest absolute Gasteiger partial charge is 0.186 e. The molecule has 12 nitrogen and oxygen atoms in total. The van der Waals surface area contributed by atoms with Crippen LogP contribution in [0.5, 0.6) is 11.5 Å². The number of aromatic hydroxyl groups is 2. The fourth-order valence-corrected chi connectivity index (χ4v) is 5.12. The Morgan fingerprint density at radius 3 is 2.00 bits per heavy atom. The van der Waals surface area contributed by atoms with Crippen molar-refractivity contribution < 1.29 is 59.8 Å². The van der Waals surface area contributed by atoms with Gasteiger partial charge in [-0.1, -0.05) is 30.7 Å². The molecule has 0 radical (unpaired) electrons. The molecule has 0 bridgehead atoms. The Morgan fingerprint density at radius 1 is 0.786 bits per heavy atom. The highest BCUT2D eigenvalue weighted by Crippen LogP contribution is 2.29. The molecule has 0 aliphatic carbocycles. The Hall–Kier alpha value is -2.36. The Labute approximate surface area is 244 Å². The van der Waals surface area contributed by atoms with E-state index in [1.807, 2.05) is 24.3 Å². The summed E-state index contributed by atoms with van der Waals surface area (Å²) >= 11 is 0. The van der Waals surface area contributed by atoms with Crippen LogP contribution in [0.2, 0.25) is 0 Å². The van der Waals surface area contributed by atoms with Gasteiger partial charge in [0.1, 0.15) is 47.6 Å². The van der Waals surface area contributed by atoms with Gasteiger partial charge in [0, 0.05) is 0 Å². The second-order valence-electron chi connectivity index (χ2n) is 11.1. The molecule has 2 aliphatic heterocycles. The van der Waals surface area contributed by atoms with E-state index in [1.54, 1.807) is 24.3 Å². The van der Waals surface area contributed by atoms with E-state index in [2.05, 4.69) is 0 Å². The third-order valence-corrected chi connectivity index (χ3v) is 7.87. The van der Waals surface area contributed by atoms with E-state index in [4.69, 9.17) is 18.9 Å². The van der Waals surface area contributed by atoms with Crippen molar-refractivity contribution in [1.29, 1.82) is 0 Å². The Bertz CT molecular complexity index is 1080. The normalized spacial score (nSPS) is 32.2. The zero-order chi connectivity index (χ0) is 30.3. The first-order valence-electron chi connectivity index (χ1n) is 14.2. The molecule has 0 saturated carbocycles. The summed E-state index contributed by atoms with van der Waals surface area (Å²) in [5.74, 6) is 0.374. The molecule has 0 unspecified atom stereocenters. The number of aryl methyl sites for hydroxylation is 2. The van der Waals surface area contributed by atoms with Crippen molar-refractivity contribution >= 4 is 0 Å². The standard InChI is InChI=1S/C30H42O12/c31-16-30(38)17-40-29(27(30)37)39-15-23-24(34)25(35)26(36)28(42-23)41-22(14-9-19-7-12-21(33)13-8-19)4-2-1-3-18-5-10-20(32)11-6-18/h5-8,10-13,22-29,31-38H,1-4,9,14-17H2/t22-,23-,24-,25+,26-,27+,28-,29-,30+/m1/s1. The molecule has 2 aromatic carbocycles. The van der Waals surface area contributed by atoms with Gasteiger partial charge in [-0.05, 0) is 67.5 Å². The highest BCUT2D eigenvalue weighted by atomic mass is 16.7. The third-order valence-electron chi connectivity index (χ3n) is 7.87. The Balaban J connectivity index is 1.36. The maximum atomic E-state index is 10.7. The van der Waals surface area contributed by atoms with Crippen LogP contribution in [0.25, 0.3) is 0 Å². The molecule has 2 fully saturated rings. The topological polar surface area (TPSA) is 199 Å². The zero-order valence-electron chi connectivity index (χ0n) is 23.3. The molecule has 0 spiro atoms. The molecule has 42 heavy (non-hydrogen) atoms. The SMILES string of the molecule is OC[C@]1(O)CO[C@@H](OC[C@H]2O[C@@H](O[C@H](CCCCc3ccc(O)cc3)CCc3ccc(O)cc3)[C@H](O)[C@@H](O)[C@@H]2O)[C@@H]1O. The number of hydrogen-bond donors (Lipinski definition) is 8. The summed E-state index contributed by atoms with van der Waals surface area (Å²) in [6.07, 6.45) is -6.13. The lowest BCUT2D eigenvalue weighted by molar-refractivity contribution is -0.319. The predicted molar refractivity (Wildman–Crippen MR) is 147 cm³/mol. The van der Waals surface area contributed by atoms with E-state index in [0.717, 1.165) is 30.4 Å². The zero-order valence-corrected chi connectivity index (χ0v) is 23.3. The lowest BCUT2D eigenvalue weighted by Gasteiger charge is -2.41. The van der Waals surface area contributed by atoms with Crippen LogP contribution in [0.1, 0.15) is 36.8 Å². The average molecular weight is 595 g/mol. The fraction of sp³-hybridized carbons (Fsp3) is 0.600. The third kappa shape index (κ3) is 8.38. The van der Waals surface area contributed by atoms with Gasteiger partial charge in [-0.25, -0.2) is 0 Å². The molecule has 9 atom stereocenters. The Kier molecular flexibility index (Phi) is 11.5. The van der Waals surface area contributed by atoms with Crippen LogP contribution in [-0.4, -0.2) is 115 Å². The van der Waals surface area contributed by atoms with Crippen LogP contribution in [-0.2, 0) is 31.8 Å². The van der Waals surface area contributed by atoms with E-state index in [0.29, 0.717) is 19.3 Å². The van der Waals surface area contributed by atoms with Crippen molar-refractivity contribution in [3.63, 3.8) is 0 Å². The quantitative estimate of drug-likeness (QED) is 0.137. The van der Waals surface area contributed by atoms with E-state index < -0.39 is 55.3 Å². The molecule has 2 saturated heterocycles. The summed E-state index contributed by atoms with van der Waals surface area (Å²) in [5, 5.41) is 80.5. The molecule has 4 rings (SSSR count). The van der Waals surface area contributed by atoms with E-state index in [1.165, 1.54) is 0 Å². The van der Waals surface area contributed by atoms with Gasteiger partial charge in [0.15, 0.2) is 12.6 Å². The minimum Gasteiger partial charge on any atom is -0.508 e. The molecule has 0 aromatic heterocycles. The van der Waals surface area contributed by atoms with Gasteiger partial charge in [-0.2, -0.15) is 0 Å². The summed E-state index contributed by atoms with van der Waals surface area (Å²) in [5.41, 5.74) is 0.190. The number of rotatable bonds is 14. The predicted octanol–water partition coefficient (Wildman–Crippen LogP) is 0.0934. The maximum Gasteiger partial charge on any atom is 0.186 e. The Morgan fingerprint density at radius 2 is 1.40 bits per heavy atom. The molecule has 2 aliphatic rings. The molecular weight excluding hydrogens is 552 g/mol. The van der Waals surface area contributed by atoms with E-state index in [-0.39, 0.29) is 30.8 Å². The largest absolute Gasteiger partial charge is 0.508 e. The highest BCUT2D eigenvalue weighted by Gasteiger charge is 2.50. The first kappa shape index (κ1) is 32.6. The maximum absolute atomic E-state index is 10.7. The number of ether oxygens (including phenoxy) is 4. The van der Waals surface area contributed by atoms with Crippen LogP contribution in [0.15, 0.2) is 48.5 Å². The molecule has 8 N–H and O–H groups in total. The van der Waals surface area contributed by atoms with Gasteiger partial charge in [0.25, 0.3) is 0 Å². The van der Waals surface area contributed by atoms with Crippen molar-refractivity contribution in [2.45, 2.75) is 93.3 Å². The van der Waals surface area contributed by atoms with Gasteiger partial charge in [0.2, 0.25) is 0 Å². The van der Waals surface area contributed by atoms with Gasteiger partial charge in [0.05, 0.1) is 25.9 Å². The molecule has 2 aromatic rings. The molecule has 0 amide bonds. The number of unbranched alkanes of at least 4 members (excludes halogenated alkanes) is 1. The highest BCUT2D eigenvalue weighted by molar-refractivity contribution is 5.26. The van der Waals surface area contributed by atoms with Gasteiger partial charge in [-0.3, -0.25) is 0 Å². The monoisotopic (exact) mass is 594 g/mol. The number of phenolic OH excluding ortho intramolecular Hbond substituents is 2. The van der Waals surface area contributed by atoms with Crippen LogP contribution in [0.4, 0.5) is 0 Å². The molecule has 234 valence electrons. The van der Waals surface area contributed by atoms with Crippen molar-refractivity contribution in [2.75, 3.05) is 19.8 Å². The van der Waals surface area contributed by atoms with Gasteiger partial charge in [-0.15, -0.1) is 0 Å². The summed E-state index contributed by atoms with van der Waals surface area (Å²) in [7, 11) is 0. The number of hydrogen-bond acceptors (Lipinski definition) is 12. The minimum atomic E-state index is -1.88. The van der Waals surface area contributed by atoms with Crippen molar-refractivity contribution in [3.05, 3.63) is 59.7 Å². The van der Waals surface area contributed by atoms with E-state index in [9.17, 15) is 40.9 Å². The first-order valence-corrected chi connectivity index (χ1v) is 14.2. The number of benzene rings is 2. The van der Waals surface area contributed by atoms with Crippen molar-refractivity contribution in [1.82, 2.24) is 0 Å². The van der Waals surface area contributed by atoms with E-state index >= 15 is 0 Å². The number of aliphatic hydroxyl groups excluding tert-OH is 5. The minimum absolute atomic E-state index is 0.164. The number of aliphatic hydroxyl groups is 6. The molecule has 12 heteroatoms. The van der Waals surface area contributed by atoms with Gasteiger partial charge < -0.3 is 59.8 Å². The first-order chi connectivity index (χ1) is 20.1. The summed E-state index contributed by atoms with van der Waals surface area (Å²) in [6, 6.07) is 13.9. The number of phenols is 2. The van der Waals surface area contributed by atoms with Crippen molar-refractivity contribution in [2.24, 2.45) is 0 Å². The second-order valence-corrected chi connectivity index (χ2v) is 11.1. The van der Waals surface area contributed by atoms with Crippen LogP contribution in [0.3, 0.4) is 0 Å².